The molecule has 1 heteroatoms. The minimum absolute atomic E-state index is 0.931. The highest BCUT2D eigenvalue weighted by molar-refractivity contribution is 4.73. The Labute approximate surface area is 62.8 Å². The molecule has 0 bridgehead atoms. The van der Waals surface area contributed by atoms with Crippen molar-refractivity contribution in [1.82, 2.24) is 0 Å². The van der Waals surface area contributed by atoms with Gasteiger partial charge in [-0.3, -0.25) is 0 Å². The summed E-state index contributed by atoms with van der Waals surface area (Å²) >= 11 is 0. The van der Waals surface area contributed by atoms with Gasteiger partial charge in [-0.25, -0.2) is 0 Å². The highest BCUT2D eigenvalue weighted by atomic mass is 16.5. The van der Waals surface area contributed by atoms with Gasteiger partial charge >= 0.3 is 0 Å². The van der Waals surface area contributed by atoms with Gasteiger partial charge < -0.3 is 4.74 Å². The fourth-order valence-electron chi connectivity index (χ4n) is 1.70. The zero-order chi connectivity index (χ0) is 6.81. The maximum absolute atomic E-state index is 5.12. The lowest BCUT2D eigenvalue weighted by atomic mass is 9.80. The van der Waals surface area contributed by atoms with Crippen molar-refractivity contribution in [2.24, 2.45) is 11.8 Å². The van der Waals surface area contributed by atoms with Crippen molar-refractivity contribution in [2.45, 2.75) is 32.1 Å². The number of hydrogen-bond acceptors (Lipinski definition) is 1. The molecule has 1 saturated heterocycles. The van der Waals surface area contributed by atoms with Gasteiger partial charge in [0.2, 0.25) is 0 Å². The van der Waals surface area contributed by atoms with E-state index in [0.717, 1.165) is 25.0 Å². The van der Waals surface area contributed by atoms with Crippen LogP contribution in [-0.2, 0) is 4.74 Å². The standard InChI is InChI=1S/C9H16O/c1-2-8(3-1)4-5-9-6-10-7-9/h8-9H,1-7H2. The van der Waals surface area contributed by atoms with Gasteiger partial charge in [0, 0.05) is 5.92 Å². The van der Waals surface area contributed by atoms with Crippen LogP contribution in [0, 0.1) is 11.8 Å². The van der Waals surface area contributed by atoms with Gasteiger partial charge in [-0.2, -0.15) is 0 Å². The van der Waals surface area contributed by atoms with E-state index < -0.39 is 0 Å². The van der Waals surface area contributed by atoms with Crippen molar-refractivity contribution < 1.29 is 4.74 Å². The molecule has 2 rings (SSSR count). The van der Waals surface area contributed by atoms with Crippen LogP contribution in [-0.4, -0.2) is 13.2 Å². The third-order valence-corrected chi connectivity index (χ3v) is 2.92. The summed E-state index contributed by atoms with van der Waals surface area (Å²) in [5.74, 6) is 2.03. The van der Waals surface area contributed by atoms with E-state index in [4.69, 9.17) is 4.74 Å². The van der Waals surface area contributed by atoms with E-state index in [9.17, 15) is 0 Å². The molecule has 0 aromatic rings. The van der Waals surface area contributed by atoms with E-state index >= 15 is 0 Å². The Morgan fingerprint density at radius 1 is 1.00 bits per heavy atom. The van der Waals surface area contributed by atoms with Gasteiger partial charge in [0.05, 0.1) is 13.2 Å². The average Bonchev–Trinajstić information content (AvgIpc) is 1.70. The van der Waals surface area contributed by atoms with Crippen molar-refractivity contribution in [2.75, 3.05) is 13.2 Å². The molecular formula is C9H16O. The summed E-state index contributed by atoms with van der Waals surface area (Å²) < 4.78 is 5.12. The molecule has 0 amide bonds. The van der Waals surface area contributed by atoms with Crippen molar-refractivity contribution in [3.8, 4) is 0 Å². The van der Waals surface area contributed by atoms with Crippen LogP contribution in [0.2, 0.25) is 0 Å². The first kappa shape index (κ1) is 6.66. The van der Waals surface area contributed by atoms with Crippen LogP contribution < -0.4 is 0 Å². The molecule has 1 aliphatic carbocycles. The SMILES string of the molecule is C1CC(CCC2COC2)C1. The minimum atomic E-state index is 0.931. The Bertz CT molecular complexity index is 89.3. The summed E-state index contributed by atoms with van der Waals surface area (Å²) in [7, 11) is 0. The van der Waals surface area contributed by atoms with Crippen LogP contribution in [0.25, 0.3) is 0 Å². The monoisotopic (exact) mass is 140 g/mol. The van der Waals surface area contributed by atoms with Crippen LogP contribution in [0.5, 0.6) is 0 Å². The first-order chi connectivity index (χ1) is 4.95. The molecule has 2 fully saturated rings. The molecule has 1 saturated carbocycles. The van der Waals surface area contributed by atoms with Gasteiger partial charge in [0.1, 0.15) is 0 Å². The van der Waals surface area contributed by atoms with Crippen LogP contribution in [0.1, 0.15) is 32.1 Å². The number of ether oxygens (including phenoxy) is 1. The lowest BCUT2D eigenvalue weighted by Crippen LogP contribution is -2.28. The van der Waals surface area contributed by atoms with Crippen LogP contribution in [0.15, 0.2) is 0 Å². The second kappa shape index (κ2) is 2.91. The Kier molecular flexibility index (Phi) is 1.94. The Hall–Kier alpha value is -0.0400. The van der Waals surface area contributed by atoms with Crippen molar-refractivity contribution in [3.63, 3.8) is 0 Å². The van der Waals surface area contributed by atoms with Crippen LogP contribution >= 0.6 is 0 Å². The number of rotatable bonds is 3. The molecule has 1 heterocycles. The highest BCUT2D eigenvalue weighted by Crippen LogP contribution is 2.32. The molecule has 0 aromatic heterocycles. The molecule has 10 heavy (non-hydrogen) atoms. The predicted octanol–water partition coefficient (Wildman–Crippen LogP) is 2.21. The van der Waals surface area contributed by atoms with E-state index in [0.29, 0.717) is 0 Å². The molecule has 0 N–H and O–H groups in total. The average molecular weight is 140 g/mol. The third kappa shape index (κ3) is 1.34. The zero-order valence-electron chi connectivity index (χ0n) is 6.51. The van der Waals surface area contributed by atoms with Crippen molar-refractivity contribution in [1.29, 1.82) is 0 Å². The molecular weight excluding hydrogens is 124 g/mol. The molecule has 0 spiro atoms. The normalized spacial score (nSPS) is 27.6. The third-order valence-electron chi connectivity index (χ3n) is 2.92. The van der Waals surface area contributed by atoms with Crippen molar-refractivity contribution >= 4 is 0 Å². The topological polar surface area (TPSA) is 9.23 Å². The molecule has 1 aliphatic heterocycles. The smallest absolute Gasteiger partial charge is 0.0516 e. The molecule has 58 valence electrons. The lowest BCUT2D eigenvalue weighted by molar-refractivity contribution is -0.0391. The van der Waals surface area contributed by atoms with Crippen molar-refractivity contribution in [3.05, 3.63) is 0 Å². The van der Waals surface area contributed by atoms with E-state index in [1.54, 1.807) is 0 Å². The summed E-state index contributed by atoms with van der Waals surface area (Å²) in [6.07, 6.45) is 7.42. The summed E-state index contributed by atoms with van der Waals surface area (Å²) in [6.45, 7) is 2.10. The van der Waals surface area contributed by atoms with Gasteiger partial charge in [-0.05, 0) is 12.3 Å². The minimum Gasteiger partial charge on any atom is -0.381 e. The first-order valence-electron chi connectivity index (χ1n) is 4.53. The molecule has 1 nitrogen and oxygen atoms in total. The fourth-order valence-corrected chi connectivity index (χ4v) is 1.70. The van der Waals surface area contributed by atoms with Gasteiger partial charge in [-0.15, -0.1) is 0 Å². The van der Waals surface area contributed by atoms with Gasteiger partial charge in [-0.1, -0.05) is 25.7 Å². The summed E-state index contributed by atoms with van der Waals surface area (Å²) in [5.41, 5.74) is 0. The Balaban J connectivity index is 1.54. The highest BCUT2D eigenvalue weighted by Gasteiger charge is 2.22. The van der Waals surface area contributed by atoms with Gasteiger partial charge in [0.25, 0.3) is 0 Å². The van der Waals surface area contributed by atoms with E-state index in [-0.39, 0.29) is 0 Å². The fraction of sp³-hybridized carbons (Fsp3) is 1.00. The Morgan fingerprint density at radius 3 is 2.10 bits per heavy atom. The molecule has 0 unspecified atom stereocenters. The molecule has 0 atom stereocenters. The molecule has 0 aromatic carbocycles. The van der Waals surface area contributed by atoms with E-state index in [1.165, 1.54) is 32.1 Å². The zero-order valence-corrected chi connectivity index (χ0v) is 6.51. The quantitative estimate of drug-likeness (QED) is 0.584. The Morgan fingerprint density at radius 2 is 1.70 bits per heavy atom. The largest absolute Gasteiger partial charge is 0.381 e. The second-order valence-electron chi connectivity index (χ2n) is 3.78. The van der Waals surface area contributed by atoms with E-state index in [1.807, 2.05) is 0 Å². The number of hydrogen-bond donors (Lipinski definition) is 0. The summed E-state index contributed by atoms with van der Waals surface area (Å²) in [4.78, 5) is 0. The second-order valence-corrected chi connectivity index (χ2v) is 3.78. The van der Waals surface area contributed by atoms with Gasteiger partial charge in [0.15, 0.2) is 0 Å². The lowest BCUT2D eigenvalue weighted by Gasteiger charge is -2.30. The van der Waals surface area contributed by atoms with Crippen LogP contribution in [0.4, 0.5) is 0 Å². The summed E-state index contributed by atoms with van der Waals surface area (Å²) in [5, 5.41) is 0. The van der Waals surface area contributed by atoms with E-state index in [2.05, 4.69) is 0 Å². The maximum Gasteiger partial charge on any atom is 0.0516 e. The van der Waals surface area contributed by atoms with Crippen LogP contribution in [0.3, 0.4) is 0 Å². The molecule has 2 aliphatic rings. The molecule has 0 radical (unpaired) electrons. The predicted molar refractivity (Wildman–Crippen MR) is 40.9 cm³/mol. The maximum atomic E-state index is 5.12. The summed E-state index contributed by atoms with van der Waals surface area (Å²) in [6, 6.07) is 0. The first-order valence-corrected chi connectivity index (χ1v) is 4.53.